The van der Waals surface area contributed by atoms with E-state index in [1.165, 1.54) is 57.4 Å². The van der Waals surface area contributed by atoms with Crippen molar-refractivity contribution in [3.05, 3.63) is 28.5 Å². The van der Waals surface area contributed by atoms with Crippen molar-refractivity contribution >= 4 is 21.6 Å². The van der Waals surface area contributed by atoms with E-state index in [4.69, 9.17) is 0 Å². The molecule has 1 rings (SSSR count). The zero-order valence-electron chi connectivity index (χ0n) is 11.9. The number of halogens is 2. The highest BCUT2D eigenvalue weighted by molar-refractivity contribution is 9.10. The highest BCUT2D eigenvalue weighted by Crippen LogP contribution is 2.20. The first-order valence-electron chi connectivity index (χ1n) is 7.43. The number of nitrogens with one attached hydrogen (secondary N) is 1. The molecule has 0 heterocycles. The van der Waals surface area contributed by atoms with Crippen molar-refractivity contribution < 1.29 is 4.39 Å². The van der Waals surface area contributed by atoms with Gasteiger partial charge in [0.05, 0.1) is 4.47 Å². The van der Waals surface area contributed by atoms with Gasteiger partial charge in [-0.1, -0.05) is 51.9 Å². The quantitative estimate of drug-likeness (QED) is 0.508. The summed E-state index contributed by atoms with van der Waals surface area (Å²) in [6.45, 7) is 3.21. The lowest BCUT2D eigenvalue weighted by atomic mass is 10.1. The maximum atomic E-state index is 13.0. The molecule has 0 unspecified atom stereocenters. The van der Waals surface area contributed by atoms with E-state index in [0.717, 1.165) is 12.2 Å². The first-order chi connectivity index (χ1) is 9.24. The van der Waals surface area contributed by atoms with E-state index < -0.39 is 0 Å². The highest BCUT2D eigenvalue weighted by Gasteiger charge is 1.99. The summed E-state index contributed by atoms with van der Waals surface area (Å²) in [6, 6.07) is 5.06. The van der Waals surface area contributed by atoms with Crippen molar-refractivity contribution in [3.8, 4) is 0 Å². The van der Waals surface area contributed by atoms with E-state index >= 15 is 0 Å². The number of hydrogen-bond acceptors (Lipinski definition) is 1. The fourth-order valence-electron chi connectivity index (χ4n) is 2.10. The fraction of sp³-hybridized carbons (Fsp3) is 0.625. The summed E-state index contributed by atoms with van der Waals surface area (Å²) in [7, 11) is 0. The predicted molar refractivity (Wildman–Crippen MR) is 85.2 cm³/mol. The molecule has 0 saturated heterocycles. The van der Waals surface area contributed by atoms with Crippen molar-refractivity contribution in [1.29, 1.82) is 0 Å². The summed E-state index contributed by atoms with van der Waals surface area (Å²) in [5, 5.41) is 3.33. The molecule has 0 fully saturated rings. The molecule has 0 amide bonds. The zero-order chi connectivity index (χ0) is 13.9. The van der Waals surface area contributed by atoms with Crippen molar-refractivity contribution in [2.45, 2.75) is 58.3 Å². The second-order valence-electron chi connectivity index (χ2n) is 5.03. The van der Waals surface area contributed by atoms with Crippen LogP contribution in [0.3, 0.4) is 0 Å². The van der Waals surface area contributed by atoms with Crippen LogP contribution in [0.25, 0.3) is 0 Å². The molecule has 0 bridgehead atoms. The molecular formula is C16H25BrFN. The summed E-state index contributed by atoms with van der Waals surface area (Å²) in [6.07, 6.45) is 10.6. The van der Waals surface area contributed by atoms with Crippen LogP contribution in [0.15, 0.2) is 22.7 Å². The first-order valence-corrected chi connectivity index (χ1v) is 8.22. The molecule has 0 aliphatic rings. The van der Waals surface area contributed by atoms with Gasteiger partial charge < -0.3 is 5.32 Å². The lowest BCUT2D eigenvalue weighted by Gasteiger charge is -2.07. The molecule has 0 aliphatic heterocycles. The van der Waals surface area contributed by atoms with Crippen molar-refractivity contribution in [3.63, 3.8) is 0 Å². The molecule has 0 radical (unpaired) electrons. The van der Waals surface area contributed by atoms with Crippen molar-refractivity contribution in [1.82, 2.24) is 0 Å². The molecule has 0 atom stereocenters. The van der Waals surface area contributed by atoms with Gasteiger partial charge in [0, 0.05) is 12.2 Å². The number of rotatable bonds is 10. The van der Waals surface area contributed by atoms with Crippen LogP contribution < -0.4 is 5.32 Å². The minimum Gasteiger partial charge on any atom is -0.385 e. The van der Waals surface area contributed by atoms with Crippen LogP contribution in [0, 0.1) is 5.82 Å². The molecule has 1 aromatic rings. The Kier molecular flexibility index (Phi) is 8.89. The Morgan fingerprint density at radius 2 is 1.63 bits per heavy atom. The van der Waals surface area contributed by atoms with Crippen LogP contribution in [0.2, 0.25) is 0 Å². The van der Waals surface area contributed by atoms with Crippen molar-refractivity contribution in [2.75, 3.05) is 11.9 Å². The molecule has 0 aromatic heterocycles. The van der Waals surface area contributed by atoms with Crippen LogP contribution in [-0.2, 0) is 0 Å². The van der Waals surface area contributed by atoms with Crippen LogP contribution in [0.5, 0.6) is 0 Å². The largest absolute Gasteiger partial charge is 0.385 e. The van der Waals surface area contributed by atoms with Crippen LogP contribution in [0.1, 0.15) is 58.3 Å². The molecule has 108 valence electrons. The third-order valence-corrected chi connectivity index (χ3v) is 3.89. The second-order valence-corrected chi connectivity index (χ2v) is 5.88. The SMILES string of the molecule is CCCCCCCCCCNc1ccc(F)c(Br)c1. The second kappa shape index (κ2) is 10.2. The smallest absolute Gasteiger partial charge is 0.137 e. The van der Waals surface area contributed by atoms with Gasteiger partial charge in [-0.05, 0) is 40.5 Å². The molecule has 0 saturated carbocycles. The van der Waals surface area contributed by atoms with Gasteiger partial charge in [-0.25, -0.2) is 4.39 Å². The van der Waals surface area contributed by atoms with Crippen molar-refractivity contribution in [2.24, 2.45) is 0 Å². The van der Waals surface area contributed by atoms with E-state index in [-0.39, 0.29) is 5.82 Å². The zero-order valence-corrected chi connectivity index (χ0v) is 13.4. The highest BCUT2D eigenvalue weighted by atomic mass is 79.9. The number of hydrogen-bond donors (Lipinski definition) is 1. The monoisotopic (exact) mass is 329 g/mol. The minimum atomic E-state index is -0.211. The number of anilines is 1. The Labute approximate surface area is 125 Å². The molecule has 0 aliphatic carbocycles. The molecule has 1 N–H and O–H groups in total. The van der Waals surface area contributed by atoms with Gasteiger partial charge >= 0.3 is 0 Å². The van der Waals surface area contributed by atoms with Gasteiger partial charge in [0.2, 0.25) is 0 Å². The van der Waals surface area contributed by atoms with Gasteiger partial charge in [0.25, 0.3) is 0 Å². The van der Waals surface area contributed by atoms with E-state index in [2.05, 4.69) is 28.2 Å². The predicted octanol–water partition coefficient (Wildman–Crippen LogP) is 6.14. The average molecular weight is 330 g/mol. The Hall–Kier alpha value is -0.570. The summed E-state index contributed by atoms with van der Waals surface area (Å²) in [5.74, 6) is -0.211. The van der Waals surface area contributed by atoms with Gasteiger partial charge in [-0.15, -0.1) is 0 Å². The van der Waals surface area contributed by atoms with Crippen LogP contribution in [0.4, 0.5) is 10.1 Å². The lowest BCUT2D eigenvalue weighted by Crippen LogP contribution is -2.01. The number of unbranched alkanes of at least 4 members (excludes halogenated alkanes) is 7. The molecule has 3 heteroatoms. The summed E-state index contributed by atoms with van der Waals surface area (Å²) in [4.78, 5) is 0. The van der Waals surface area contributed by atoms with Gasteiger partial charge in [-0.2, -0.15) is 0 Å². The third-order valence-electron chi connectivity index (χ3n) is 3.28. The fourth-order valence-corrected chi connectivity index (χ4v) is 2.48. The molecule has 1 nitrogen and oxygen atoms in total. The van der Waals surface area contributed by atoms with Gasteiger partial charge in [-0.3, -0.25) is 0 Å². The molecule has 19 heavy (non-hydrogen) atoms. The summed E-state index contributed by atoms with van der Waals surface area (Å²) in [5.41, 5.74) is 0.983. The topological polar surface area (TPSA) is 12.0 Å². The van der Waals surface area contributed by atoms with E-state index in [1.54, 1.807) is 12.1 Å². The van der Waals surface area contributed by atoms with Crippen LogP contribution in [-0.4, -0.2) is 6.54 Å². The number of benzene rings is 1. The molecule has 0 spiro atoms. The third kappa shape index (κ3) is 7.56. The molecule has 1 aromatic carbocycles. The van der Waals surface area contributed by atoms with E-state index in [1.807, 2.05) is 0 Å². The van der Waals surface area contributed by atoms with Crippen LogP contribution >= 0.6 is 15.9 Å². The summed E-state index contributed by atoms with van der Waals surface area (Å²) >= 11 is 3.19. The molecular weight excluding hydrogens is 305 g/mol. The maximum Gasteiger partial charge on any atom is 0.137 e. The van der Waals surface area contributed by atoms with Gasteiger partial charge in [0.15, 0.2) is 0 Å². The first kappa shape index (κ1) is 16.5. The average Bonchev–Trinajstić information content (AvgIpc) is 2.41. The standard InChI is InChI=1S/C16H25BrFN/c1-2-3-4-5-6-7-8-9-12-19-14-10-11-16(18)15(17)13-14/h10-11,13,19H,2-9,12H2,1H3. The Morgan fingerprint density at radius 1 is 1.00 bits per heavy atom. The summed E-state index contributed by atoms with van der Waals surface area (Å²) < 4.78 is 13.6. The Balaban J connectivity index is 2.00. The normalized spacial score (nSPS) is 10.7. The van der Waals surface area contributed by atoms with E-state index in [0.29, 0.717) is 4.47 Å². The maximum absolute atomic E-state index is 13.0. The van der Waals surface area contributed by atoms with E-state index in [9.17, 15) is 4.39 Å². The Morgan fingerprint density at radius 3 is 2.26 bits per heavy atom. The minimum absolute atomic E-state index is 0.211. The lowest BCUT2D eigenvalue weighted by molar-refractivity contribution is 0.581. The van der Waals surface area contributed by atoms with Gasteiger partial charge in [0.1, 0.15) is 5.82 Å². The Bertz CT molecular complexity index is 355.